The summed E-state index contributed by atoms with van der Waals surface area (Å²) in [5.41, 5.74) is 0. The predicted octanol–water partition coefficient (Wildman–Crippen LogP) is 3.44. The number of hydrogen-bond acceptors (Lipinski definition) is 1. The molecule has 0 heterocycles. The first-order chi connectivity index (χ1) is 5.47. The third kappa shape index (κ3) is 3.17. The van der Waals surface area contributed by atoms with Gasteiger partial charge in [0.15, 0.2) is 0 Å². The van der Waals surface area contributed by atoms with Gasteiger partial charge in [-0.25, -0.2) is 0 Å². The van der Waals surface area contributed by atoms with E-state index in [4.69, 9.17) is 0 Å². The molecule has 0 unspecified atom stereocenters. The maximum atomic E-state index is 12.3. The van der Waals surface area contributed by atoms with Gasteiger partial charge in [-0.15, -0.1) is 0 Å². The molecule has 0 atom stereocenters. The van der Waals surface area contributed by atoms with Crippen LogP contribution in [-0.2, 0) is 0 Å². The van der Waals surface area contributed by atoms with Crippen LogP contribution in [0.2, 0.25) is 0 Å². The third-order valence-electron chi connectivity index (χ3n) is 1.11. The van der Waals surface area contributed by atoms with Gasteiger partial charge in [-0.05, 0) is 24.3 Å². The molecule has 4 heteroatoms. The molecule has 0 saturated heterocycles. The lowest BCUT2D eigenvalue weighted by Gasteiger charge is -2.12. The Hall–Kier alpha value is -0.640. The second-order valence-electron chi connectivity index (χ2n) is 2.36. The van der Waals surface area contributed by atoms with Crippen molar-refractivity contribution in [2.24, 2.45) is 0 Å². The van der Waals surface area contributed by atoms with E-state index in [1.54, 1.807) is 12.1 Å². The molecule has 1 rings (SSSR count). The molecule has 0 amide bonds. The molecule has 0 saturated carbocycles. The summed E-state index contributed by atoms with van der Waals surface area (Å²) >= 11 is 3.18. The summed E-state index contributed by atoms with van der Waals surface area (Å²) in [4.78, 5) is 0. The summed E-state index contributed by atoms with van der Waals surface area (Å²) < 4.78 is 29.7. The summed E-state index contributed by atoms with van der Waals surface area (Å²) in [5.74, 6) is 0.158. The minimum Gasteiger partial charge on any atom is -0.433 e. The van der Waals surface area contributed by atoms with Crippen LogP contribution in [0, 0.1) is 0 Å². The van der Waals surface area contributed by atoms with E-state index in [1.165, 1.54) is 12.1 Å². The fourth-order valence-electron chi connectivity index (χ4n) is 0.710. The van der Waals surface area contributed by atoms with Crippen molar-refractivity contribution in [1.82, 2.24) is 0 Å². The standard InChI is InChI=1S/C8H7BrF2O/c1-8(10,11)12-7-4-2-6(9)3-5-7/h2-5H,1H3. The van der Waals surface area contributed by atoms with Crippen molar-refractivity contribution < 1.29 is 13.5 Å². The molecule has 0 aromatic heterocycles. The van der Waals surface area contributed by atoms with Crippen molar-refractivity contribution in [2.75, 3.05) is 0 Å². The summed E-state index contributed by atoms with van der Waals surface area (Å²) in [6.45, 7) is 0.703. The normalized spacial score (nSPS) is 11.3. The Labute approximate surface area is 77.5 Å². The summed E-state index contributed by atoms with van der Waals surface area (Å²) in [6.07, 6.45) is -3.12. The van der Waals surface area contributed by atoms with Gasteiger partial charge in [0, 0.05) is 11.4 Å². The van der Waals surface area contributed by atoms with E-state index >= 15 is 0 Å². The minimum atomic E-state index is -3.12. The molecule has 0 bridgehead atoms. The van der Waals surface area contributed by atoms with Gasteiger partial charge in [-0.3, -0.25) is 0 Å². The van der Waals surface area contributed by atoms with Gasteiger partial charge >= 0.3 is 6.11 Å². The van der Waals surface area contributed by atoms with Crippen LogP contribution in [0.4, 0.5) is 8.78 Å². The largest absolute Gasteiger partial charge is 0.433 e. The number of ether oxygens (including phenoxy) is 1. The average molecular weight is 237 g/mol. The minimum absolute atomic E-state index is 0.158. The first-order valence-electron chi connectivity index (χ1n) is 3.30. The average Bonchev–Trinajstić information content (AvgIpc) is 1.91. The number of hydrogen-bond donors (Lipinski definition) is 0. The van der Waals surface area contributed by atoms with Crippen LogP contribution >= 0.6 is 15.9 Å². The first kappa shape index (κ1) is 9.45. The third-order valence-corrected chi connectivity index (χ3v) is 1.64. The van der Waals surface area contributed by atoms with E-state index in [0.29, 0.717) is 6.92 Å². The number of benzene rings is 1. The van der Waals surface area contributed by atoms with Crippen molar-refractivity contribution in [3.8, 4) is 5.75 Å². The molecule has 12 heavy (non-hydrogen) atoms. The molecule has 0 radical (unpaired) electrons. The Morgan fingerprint density at radius 1 is 1.25 bits per heavy atom. The smallest absolute Gasteiger partial charge is 0.394 e. The van der Waals surface area contributed by atoms with E-state index in [2.05, 4.69) is 20.7 Å². The second-order valence-corrected chi connectivity index (χ2v) is 3.28. The number of rotatable bonds is 2. The van der Waals surface area contributed by atoms with Crippen LogP contribution in [0.15, 0.2) is 28.7 Å². The molecule has 1 nitrogen and oxygen atoms in total. The van der Waals surface area contributed by atoms with Gasteiger partial charge in [0.05, 0.1) is 0 Å². The maximum absolute atomic E-state index is 12.3. The lowest BCUT2D eigenvalue weighted by Crippen LogP contribution is -2.18. The maximum Gasteiger partial charge on any atom is 0.394 e. The fourth-order valence-corrected chi connectivity index (χ4v) is 0.974. The highest BCUT2D eigenvalue weighted by Crippen LogP contribution is 2.22. The quantitative estimate of drug-likeness (QED) is 0.765. The Morgan fingerprint density at radius 2 is 1.75 bits per heavy atom. The van der Waals surface area contributed by atoms with Crippen molar-refractivity contribution >= 4 is 15.9 Å². The van der Waals surface area contributed by atoms with E-state index in [0.717, 1.165) is 4.47 Å². The van der Waals surface area contributed by atoms with Gasteiger partial charge < -0.3 is 4.74 Å². The number of alkyl halides is 2. The van der Waals surface area contributed by atoms with Gasteiger partial charge in [0.1, 0.15) is 5.75 Å². The molecular formula is C8H7BrF2O. The van der Waals surface area contributed by atoms with Crippen LogP contribution in [-0.4, -0.2) is 6.11 Å². The van der Waals surface area contributed by atoms with Crippen molar-refractivity contribution in [3.05, 3.63) is 28.7 Å². The van der Waals surface area contributed by atoms with E-state index < -0.39 is 6.11 Å². The highest BCUT2D eigenvalue weighted by atomic mass is 79.9. The zero-order valence-corrected chi connectivity index (χ0v) is 7.94. The molecule has 0 fully saturated rings. The molecule has 1 aromatic rings. The van der Waals surface area contributed by atoms with Crippen LogP contribution in [0.25, 0.3) is 0 Å². The topological polar surface area (TPSA) is 9.23 Å². The highest BCUT2D eigenvalue weighted by Gasteiger charge is 2.22. The molecular weight excluding hydrogens is 230 g/mol. The monoisotopic (exact) mass is 236 g/mol. The van der Waals surface area contributed by atoms with Gasteiger partial charge in [-0.1, -0.05) is 15.9 Å². The summed E-state index contributed by atoms with van der Waals surface area (Å²) in [7, 11) is 0. The molecule has 0 aliphatic heterocycles. The van der Waals surface area contributed by atoms with Crippen LogP contribution < -0.4 is 4.74 Å². The van der Waals surface area contributed by atoms with Gasteiger partial charge in [-0.2, -0.15) is 8.78 Å². The lowest BCUT2D eigenvalue weighted by atomic mass is 10.3. The molecule has 0 aliphatic rings. The SMILES string of the molecule is CC(F)(F)Oc1ccc(Br)cc1. The van der Waals surface area contributed by atoms with E-state index in [1.807, 2.05) is 0 Å². The van der Waals surface area contributed by atoms with Crippen LogP contribution in [0.1, 0.15) is 6.92 Å². The Balaban J connectivity index is 2.71. The second kappa shape index (κ2) is 3.39. The Kier molecular flexibility index (Phi) is 2.67. The van der Waals surface area contributed by atoms with Crippen molar-refractivity contribution in [3.63, 3.8) is 0 Å². The van der Waals surface area contributed by atoms with E-state index in [-0.39, 0.29) is 5.75 Å². The van der Waals surface area contributed by atoms with Crippen molar-refractivity contribution in [2.45, 2.75) is 13.0 Å². The molecule has 0 N–H and O–H groups in total. The van der Waals surface area contributed by atoms with Gasteiger partial charge in [0.2, 0.25) is 0 Å². The molecule has 66 valence electrons. The number of halogens is 3. The predicted molar refractivity (Wildman–Crippen MR) is 45.4 cm³/mol. The van der Waals surface area contributed by atoms with E-state index in [9.17, 15) is 8.78 Å². The summed E-state index contributed by atoms with van der Waals surface area (Å²) in [5, 5.41) is 0. The highest BCUT2D eigenvalue weighted by molar-refractivity contribution is 9.10. The first-order valence-corrected chi connectivity index (χ1v) is 4.09. The van der Waals surface area contributed by atoms with Gasteiger partial charge in [0.25, 0.3) is 0 Å². The Morgan fingerprint density at radius 3 is 2.17 bits per heavy atom. The molecule has 1 aromatic carbocycles. The summed E-state index contributed by atoms with van der Waals surface area (Å²) in [6, 6.07) is 6.23. The molecule has 0 spiro atoms. The zero-order valence-electron chi connectivity index (χ0n) is 6.35. The molecule has 0 aliphatic carbocycles. The fraction of sp³-hybridized carbons (Fsp3) is 0.250. The zero-order chi connectivity index (χ0) is 9.19. The van der Waals surface area contributed by atoms with Crippen LogP contribution in [0.5, 0.6) is 5.75 Å². The van der Waals surface area contributed by atoms with Crippen molar-refractivity contribution in [1.29, 1.82) is 0 Å². The van der Waals surface area contributed by atoms with Crippen LogP contribution in [0.3, 0.4) is 0 Å². The Bertz CT molecular complexity index is 253. The lowest BCUT2D eigenvalue weighted by molar-refractivity contribution is -0.158.